The zero-order chi connectivity index (χ0) is 27.8. The van der Waals surface area contributed by atoms with E-state index in [2.05, 4.69) is 31.1 Å². The Morgan fingerprint density at radius 3 is 2.69 bits per heavy atom. The summed E-state index contributed by atoms with van der Waals surface area (Å²) in [5, 5.41) is 3.53. The molecule has 3 heterocycles. The topological polar surface area (TPSA) is 67.7 Å². The van der Waals surface area contributed by atoms with Crippen LogP contribution in [0.2, 0.25) is 0 Å². The molecular formula is C30H29F3N2O3S. The molecule has 1 aliphatic carbocycles. The van der Waals surface area contributed by atoms with Crippen LogP contribution in [-0.2, 0) is 25.6 Å². The van der Waals surface area contributed by atoms with Crippen LogP contribution in [0.25, 0.3) is 11.3 Å². The molecule has 1 amide bonds. The van der Waals surface area contributed by atoms with E-state index in [1.807, 2.05) is 0 Å². The molecule has 0 radical (unpaired) electrons. The fourth-order valence-electron chi connectivity index (χ4n) is 4.85. The van der Waals surface area contributed by atoms with Gasteiger partial charge in [-0.3, -0.25) is 4.79 Å². The van der Waals surface area contributed by atoms with E-state index in [1.54, 1.807) is 36.6 Å². The van der Waals surface area contributed by atoms with Crippen LogP contribution in [-0.4, -0.2) is 12.1 Å². The molecule has 0 saturated heterocycles. The van der Waals surface area contributed by atoms with Gasteiger partial charge in [0.25, 0.3) is 5.91 Å². The van der Waals surface area contributed by atoms with Crippen molar-refractivity contribution in [2.75, 3.05) is 0 Å². The Morgan fingerprint density at radius 2 is 1.97 bits per heavy atom. The van der Waals surface area contributed by atoms with Gasteiger partial charge in [0.05, 0.1) is 30.1 Å². The molecule has 9 heteroatoms. The number of benzene rings is 1. The molecule has 0 saturated carbocycles. The Morgan fingerprint density at radius 1 is 1.15 bits per heavy atom. The Hall–Kier alpha value is -3.59. The quantitative estimate of drug-likeness (QED) is 0.243. The van der Waals surface area contributed by atoms with Crippen molar-refractivity contribution in [3.63, 3.8) is 0 Å². The lowest BCUT2D eigenvalue weighted by Crippen LogP contribution is -2.28. The number of nitrogens with zero attached hydrogens (tertiary/aromatic N) is 1. The molecule has 1 atom stereocenters. The van der Waals surface area contributed by atoms with Crippen LogP contribution in [0.1, 0.15) is 65.1 Å². The van der Waals surface area contributed by atoms with Crippen molar-refractivity contribution >= 4 is 28.5 Å². The monoisotopic (exact) mass is 554 g/mol. The number of amides is 1. The fraction of sp³-hybridized carbons (Fsp3) is 0.333. The minimum atomic E-state index is -4.44. The number of halogens is 3. The molecule has 39 heavy (non-hydrogen) atoms. The minimum Gasteiger partial charge on any atom is -0.467 e. The third-order valence-corrected chi connectivity index (χ3v) is 8.27. The van der Waals surface area contributed by atoms with Crippen molar-refractivity contribution in [2.24, 2.45) is 16.3 Å². The normalized spacial score (nSPS) is 16.0. The van der Waals surface area contributed by atoms with Crippen LogP contribution >= 0.6 is 11.3 Å². The van der Waals surface area contributed by atoms with Gasteiger partial charge in [-0.1, -0.05) is 32.9 Å². The SMILES string of the molecule is CC(C)(C)[C@@H]1CCc2c(sc(N=Cc3ccc(-c4cccc(C(F)(F)F)c4)o3)c2C(=O)NCc2ccco2)C1. The number of carbonyl (C=O) groups excluding carboxylic acids is 1. The van der Waals surface area contributed by atoms with Crippen LogP contribution in [0.3, 0.4) is 0 Å². The summed E-state index contributed by atoms with van der Waals surface area (Å²) in [7, 11) is 0. The van der Waals surface area contributed by atoms with Crippen molar-refractivity contribution in [3.8, 4) is 11.3 Å². The second-order valence-electron chi connectivity index (χ2n) is 10.8. The zero-order valence-corrected chi connectivity index (χ0v) is 22.7. The number of hydrogen-bond acceptors (Lipinski definition) is 5. The Balaban J connectivity index is 1.42. The standard InChI is InChI=1S/C30H29F3N2O3S/c1-29(2,3)19-9-11-23-25(15-19)39-28(26(23)27(36)34-16-21-8-5-13-37-21)35-17-22-10-12-24(38-22)18-6-4-7-20(14-18)30(31,32)33/h4-8,10,12-14,17,19H,9,11,15-16H2,1-3H3,(H,34,36)/t19-/m1/s1. The van der Waals surface area contributed by atoms with Gasteiger partial charge >= 0.3 is 6.18 Å². The van der Waals surface area contributed by atoms with E-state index in [-0.39, 0.29) is 17.9 Å². The number of thiophene rings is 1. The second kappa shape index (κ2) is 10.5. The van der Waals surface area contributed by atoms with Crippen molar-refractivity contribution in [1.82, 2.24) is 5.32 Å². The zero-order valence-electron chi connectivity index (χ0n) is 21.9. The van der Waals surface area contributed by atoms with Crippen LogP contribution in [0.15, 0.2) is 68.6 Å². The summed E-state index contributed by atoms with van der Waals surface area (Å²) in [5.41, 5.74) is 1.33. The molecule has 4 aromatic rings. The third-order valence-electron chi connectivity index (χ3n) is 7.11. The van der Waals surface area contributed by atoms with Gasteiger partial charge in [-0.25, -0.2) is 4.99 Å². The molecule has 0 spiro atoms. The van der Waals surface area contributed by atoms with Crippen LogP contribution in [0.4, 0.5) is 18.2 Å². The number of carbonyl (C=O) groups is 1. The lowest BCUT2D eigenvalue weighted by molar-refractivity contribution is -0.137. The number of hydrogen-bond donors (Lipinski definition) is 1. The molecule has 5 rings (SSSR count). The Labute approximate surface area is 228 Å². The van der Waals surface area contributed by atoms with Crippen molar-refractivity contribution in [2.45, 2.75) is 52.8 Å². The number of rotatable bonds is 6. The fourth-order valence-corrected chi connectivity index (χ4v) is 6.12. The van der Waals surface area contributed by atoms with Gasteiger partial charge in [0.1, 0.15) is 22.3 Å². The van der Waals surface area contributed by atoms with Gasteiger partial charge in [0, 0.05) is 10.4 Å². The maximum Gasteiger partial charge on any atom is 0.416 e. The van der Waals surface area contributed by atoms with E-state index in [4.69, 9.17) is 8.83 Å². The first-order valence-corrected chi connectivity index (χ1v) is 13.6. The van der Waals surface area contributed by atoms with Crippen LogP contribution in [0, 0.1) is 11.3 Å². The average Bonchev–Trinajstić information content (AvgIpc) is 3.64. The highest BCUT2D eigenvalue weighted by Crippen LogP contribution is 2.45. The number of aliphatic imine (C=N–C) groups is 1. The van der Waals surface area contributed by atoms with E-state index in [9.17, 15) is 18.0 Å². The first kappa shape index (κ1) is 27.0. The van der Waals surface area contributed by atoms with Gasteiger partial charge in [-0.2, -0.15) is 13.2 Å². The van der Waals surface area contributed by atoms with Gasteiger partial charge < -0.3 is 14.2 Å². The van der Waals surface area contributed by atoms with Crippen molar-refractivity contribution in [3.05, 3.63) is 87.9 Å². The smallest absolute Gasteiger partial charge is 0.416 e. The third kappa shape index (κ3) is 6.03. The molecular weight excluding hydrogens is 525 g/mol. The van der Waals surface area contributed by atoms with E-state index >= 15 is 0 Å². The number of nitrogens with one attached hydrogen (secondary N) is 1. The Kier molecular flexibility index (Phi) is 7.29. The lowest BCUT2D eigenvalue weighted by atomic mass is 9.72. The number of fused-ring (bicyclic) bond motifs is 1. The maximum atomic E-state index is 13.4. The molecule has 0 bridgehead atoms. The second-order valence-corrected chi connectivity index (χ2v) is 11.9. The van der Waals surface area contributed by atoms with E-state index < -0.39 is 11.7 Å². The number of furan rings is 2. The van der Waals surface area contributed by atoms with Gasteiger partial charge in [0.15, 0.2) is 0 Å². The summed E-state index contributed by atoms with van der Waals surface area (Å²) >= 11 is 1.51. The molecule has 1 aliphatic rings. The van der Waals surface area contributed by atoms with E-state index in [0.717, 1.165) is 37.0 Å². The predicted molar refractivity (Wildman–Crippen MR) is 146 cm³/mol. The highest BCUT2D eigenvalue weighted by molar-refractivity contribution is 7.16. The largest absolute Gasteiger partial charge is 0.467 e. The van der Waals surface area contributed by atoms with E-state index in [1.165, 1.54) is 28.5 Å². The molecule has 204 valence electrons. The van der Waals surface area contributed by atoms with Gasteiger partial charge in [-0.05, 0) is 72.6 Å². The minimum absolute atomic E-state index is 0.154. The number of alkyl halides is 3. The molecule has 0 fully saturated rings. The maximum absolute atomic E-state index is 13.4. The molecule has 0 unspecified atom stereocenters. The van der Waals surface area contributed by atoms with Gasteiger partial charge in [0.2, 0.25) is 0 Å². The summed E-state index contributed by atoms with van der Waals surface area (Å²) in [4.78, 5) is 19.2. The summed E-state index contributed by atoms with van der Waals surface area (Å²) in [6.45, 7) is 6.99. The van der Waals surface area contributed by atoms with Crippen molar-refractivity contribution < 1.29 is 26.8 Å². The molecule has 1 N–H and O–H groups in total. The highest BCUT2D eigenvalue weighted by Gasteiger charge is 2.34. The molecule has 5 nitrogen and oxygen atoms in total. The van der Waals surface area contributed by atoms with E-state index in [0.29, 0.717) is 39.3 Å². The summed E-state index contributed by atoms with van der Waals surface area (Å²) in [6.07, 6.45) is 1.32. The van der Waals surface area contributed by atoms with Crippen LogP contribution < -0.4 is 5.32 Å². The summed E-state index contributed by atoms with van der Waals surface area (Å²) < 4.78 is 50.5. The van der Waals surface area contributed by atoms with Gasteiger partial charge in [-0.15, -0.1) is 11.3 Å². The lowest BCUT2D eigenvalue weighted by Gasteiger charge is -2.33. The first-order chi connectivity index (χ1) is 18.5. The van der Waals surface area contributed by atoms with Crippen molar-refractivity contribution in [1.29, 1.82) is 0 Å². The summed E-state index contributed by atoms with van der Waals surface area (Å²) in [6, 6.07) is 11.8. The first-order valence-electron chi connectivity index (χ1n) is 12.8. The molecule has 1 aromatic carbocycles. The summed E-state index contributed by atoms with van der Waals surface area (Å²) in [5.74, 6) is 1.62. The molecule has 0 aliphatic heterocycles. The average molecular weight is 555 g/mol. The predicted octanol–water partition coefficient (Wildman–Crippen LogP) is 8.45. The Bertz CT molecular complexity index is 1490. The highest BCUT2D eigenvalue weighted by atomic mass is 32.1. The van der Waals surface area contributed by atoms with Crippen LogP contribution in [0.5, 0.6) is 0 Å². The molecule has 3 aromatic heterocycles.